The van der Waals surface area contributed by atoms with Crippen molar-refractivity contribution in [1.29, 1.82) is 0 Å². The summed E-state index contributed by atoms with van der Waals surface area (Å²) < 4.78 is 28.3. The van der Waals surface area contributed by atoms with E-state index >= 15 is 0 Å². The zero-order chi connectivity index (χ0) is 29.4. The Morgan fingerprint density at radius 2 is 1.95 bits per heavy atom. The Morgan fingerprint density at radius 3 is 2.56 bits per heavy atom. The summed E-state index contributed by atoms with van der Waals surface area (Å²) in [6, 6.07) is 3.87. The minimum Gasteiger partial charge on any atom is -0.462 e. The summed E-state index contributed by atoms with van der Waals surface area (Å²) in [7, 11) is 1.09. The van der Waals surface area contributed by atoms with Crippen LogP contribution in [-0.2, 0) is 14.3 Å². The lowest BCUT2D eigenvalue weighted by Crippen LogP contribution is -2.35. The minimum absolute atomic E-state index is 0.0376. The molecule has 0 aliphatic carbocycles. The Labute approximate surface area is 232 Å². The van der Waals surface area contributed by atoms with Gasteiger partial charge in [0.1, 0.15) is 5.82 Å². The summed E-state index contributed by atoms with van der Waals surface area (Å²) in [5.74, 6) is -3.22. The number of nitrogens with zero attached hydrogens (tertiary/aromatic N) is 4. The topological polar surface area (TPSA) is 154 Å². The van der Waals surface area contributed by atoms with E-state index in [1.54, 1.807) is 6.08 Å². The highest BCUT2D eigenvalue weighted by Gasteiger charge is 2.23. The standard InChI is InChI=1S/C15H12BrFN6O6.C8H12.C2H6/c1-27-14(25)13(24)19-5-4-18-11-10(20-29-21-11)12-22-28-15(26)23(12)7-2-3-9(17)8(16)6-7;1-4-6-7-8(3)5-2;1-2/h2-3,6H,4-5H2,1H3,(H,18,21)(H,19,24);4-7H,1H2,2-3H3;1-2H3/b;7-6-,8-5-;. The van der Waals surface area contributed by atoms with Crippen molar-refractivity contribution < 1.29 is 27.9 Å². The highest BCUT2D eigenvalue weighted by molar-refractivity contribution is 9.10. The zero-order valence-electron chi connectivity index (χ0n) is 22.2. The molecule has 0 aliphatic heterocycles. The first-order valence-corrected chi connectivity index (χ1v) is 12.4. The largest absolute Gasteiger partial charge is 0.462 e. The van der Waals surface area contributed by atoms with Crippen molar-refractivity contribution >= 4 is 33.6 Å². The first-order valence-electron chi connectivity index (χ1n) is 11.6. The van der Waals surface area contributed by atoms with Crippen LogP contribution < -0.4 is 16.4 Å². The van der Waals surface area contributed by atoms with Crippen LogP contribution in [0.5, 0.6) is 0 Å². The van der Waals surface area contributed by atoms with Crippen LogP contribution in [0.2, 0.25) is 0 Å². The van der Waals surface area contributed by atoms with Crippen molar-refractivity contribution in [3.63, 3.8) is 0 Å². The smallest absolute Gasteiger partial charge is 0.446 e. The molecule has 39 heavy (non-hydrogen) atoms. The summed E-state index contributed by atoms with van der Waals surface area (Å²) in [5, 5.41) is 16.2. The fourth-order valence-electron chi connectivity index (χ4n) is 2.54. The highest BCUT2D eigenvalue weighted by Crippen LogP contribution is 2.25. The van der Waals surface area contributed by atoms with Crippen molar-refractivity contribution in [2.75, 3.05) is 25.5 Å². The van der Waals surface area contributed by atoms with Crippen molar-refractivity contribution in [2.45, 2.75) is 27.7 Å². The molecule has 0 atom stereocenters. The van der Waals surface area contributed by atoms with Gasteiger partial charge >= 0.3 is 17.6 Å². The number of anilines is 1. The minimum atomic E-state index is -1.02. The summed E-state index contributed by atoms with van der Waals surface area (Å²) >= 11 is 3.05. The van der Waals surface area contributed by atoms with Crippen molar-refractivity contribution in [1.82, 2.24) is 25.4 Å². The van der Waals surface area contributed by atoms with E-state index in [1.165, 1.54) is 17.7 Å². The number of carbonyl (C=O) groups is 2. The second kappa shape index (κ2) is 17.2. The van der Waals surface area contributed by atoms with E-state index < -0.39 is 23.4 Å². The van der Waals surface area contributed by atoms with E-state index in [0.29, 0.717) is 0 Å². The molecule has 3 rings (SSSR count). The van der Waals surface area contributed by atoms with E-state index in [0.717, 1.165) is 17.7 Å². The Morgan fingerprint density at radius 1 is 1.23 bits per heavy atom. The molecule has 0 bridgehead atoms. The molecule has 210 valence electrons. The van der Waals surface area contributed by atoms with Crippen LogP contribution >= 0.6 is 15.9 Å². The third-order valence-corrected chi connectivity index (χ3v) is 5.10. The SMILES string of the molecule is C=C/C=C\C(C)=C/C.CC.COC(=O)C(=O)NCCNc1nonc1-c1noc(=O)n1-c1ccc(F)c(Br)c1. The van der Waals surface area contributed by atoms with Crippen molar-refractivity contribution in [2.24, 2.45) is 0 Å². The molecule has 0 aliphatic rings. The molecule has 0 saturated heterocycles. The van der Waals surface area contributed by atoms with E-state index in [1.807, 2.05) is 32.9 Å². The summed E-state index contributed by atoms with van der Waals surface area (Å²) in [5.41, 5.74) is 1.57. The van der Waals surface area contributed by atoms with Crippen LogP contribution in [0.15, 0.2) is 73.1 Å². The van der Waals surface area contributed by atoms with Gasteiger partial charge in [0.15, 0.2) is 5.69 Å². The molecule has 0 saturated carbocycles. The summed E-state index contributed by atoms with van der Waals surface area (Å²) in [6.07, 6.45) is 7.77. The monoisotopic (exact) mass is 608 g/mol. The number of hydrogen-bond donors (Lipinski definition) is 2. The van der Waals surface area contributed by atoms with Gasteiger partial charge in [0, 0.05) is 13.1 Å². The lowest BCUT2D eigenvalue weighted by molar-refractivity contribution is -0.152. The Hall–Kier alpha value is -4.33. The molecule has 2 N–H and O–H groups in total. The third-order valence-electron chi connectivity index (χ3n) is 4.49. The maximum atomic E-state index is 13.5. The average molecular weight is 609 g/mol. The normalized spacial score (nSPS) is 10.6. The molecule has 0 radical (unpaired) electrons. The number of ether oxygens (including phenoxy) is 1. The van der Waals surface area contributed by atoms with Gasteiger partial charge < -0.3 is 15.4 Å². The molecule has 2 aromatic heterocycles. The predicted octanol–water partition coefficient (Wildman–Crippen LogP) is 4.20. The Bertz CT molecular complexity index is 1360. The quantitative estimate of drug-likeness (QED) is 0.164. The molecule has 12 nitrogen and oxygen atoms in total. The molecule has 0 fully saturated rings. The van der Waals surface area contributed by atoms with Crippen LogP contribution in [0.4, 0.5) is 10.2 Å². The fraction of sp³-hybridized carbons (Fsp3) is 0.280. The number of nitrogens with one attached hydrogen (secondary N) is 2. The predicted molar refractivity (Wildman–Crippen MR) is 147 cm³/mol. The van der Waals surface area contributed by atoms with Gasteiger partial charge in [0.25, 0.3) is 0 Å². The van der Waals surface area contributed by atoms with Crippen LogP contribution in [0, 0.1) is 5.82 Å². The van der Waals surface area contributed by atoms with E-state index in [2.05, 4.69) is 71.0 Å². The third kappa shape index (κ3) is 9.81. The molecule has 0 unspecified atom stereocenters. The van der Waals surface area contributed by atoms with Crippen molar-refractivity contribution in [3.8, 4) is 17.2 Å². The number of carbonyl (C=O) groups excluding carboxylic acids is 2. The van der Waals surface area contributed by atoms with Gasteiger partial charge in [-0.1, -0.05) is 55.5 Å². The van der Waals surface area contributed by atoms with E-state index in [4.69, 9.17) is 4.52 Å². The number of esters is 1. The number of allylic oxidation sites excluding steroid dienone is 5. The Kier molecular flexibility index (Phi) is 14.4. The number of benzene rings is 1. The first-order chi connectivity index (χ1) is 18.7. The Balaban J connectivity index is 0.000000654. The van der Waals surface area contributed by atoms with E-state index in [-0.39, 0.29) is 40.6 Å². The first kappa shape index (κ1) is 32.7. The molecule has 1 aromatic carbocycles. The van der Waals surface area contributed by atoms with Gasteiger partial charge in [-0.05, 0) is 58.3 Å². The average Bonchev–Trinajstić information content (AvgIpc) is 3.58. The number of hydrogen-bond acceptors (Lipinski definition) is 10. The number of halogens is 2. The van der Waals surface area contributed by atoms with Crippen molar-refractivity contribution in [3.05, 3.63) is 75.5 Å². The fourth-order valence-corrected chi connectivity index (χ4v) is 2.91. The molecular formula is C25H30BrFN6O6. The van der Waals surface area contributed by atoms with Gasteiger partial charge in [-0.25, -0.2) is 23.2 Å². The number of rotatable bonds is 8. The second-order valence-electron chi connectivity index (χ2n) is 6.97. The van der Waals surface area contributed by atoms with Gasteiger partial charge in [-0.3, -0.25) is 9.32 Å². The van der Waals surface area contributed by atoms with Crippen LogP contribution in [0.25, 0.3) is 17.2 Å². The molecule has 0 spiro atoms. The summed E-state index contributed by atoms with van der Waals surface area (Å²) in [6.45, 7) is 11.8. The molecule has 3 aromatic rings. The molecule has 1 amide bonds. The van der Waals surface area contributed by atoms with E-state index in [9.17, 15) is 18.8 Å². The molecule has 2 heterocycles. The van der Waals surface area contributed by atoms with Crippen LogP contribution in [-0.4, -0.2) is 52.1 Å². The zero-order valence-corrected chi connectivity index (χ0v) is 23.7. The maximum absolute atomic E-state index is 13.5. The molecular weight excluding hydrogens is 579 g/mol. The van der Waals surface area contributed by atoms with Gasteiger partial charge in [-0.2, -0.15) is 0 Å². The number of amides is 1. The second-order valence-corrected chi connectivity index (χ2v) is 7.82. The highest BCUT2D eigenvalue weighted by atomic mass is 79.9. The lowest BCUT2D eigenvalue weighted by atomic mass is 10.3. The number of aromatic nitrogens is 4. The maximum Gasteiger partial charge on any atom is 0.446 e. The number of methoxy groups -OCH3 is 1. The van der Waals surface area contributed by atoms with Gasteiger partial charge in [0.05, 0.1) is 17.3 Å². The van der Waals surface area contributed by atoms with Gasteiger partial charge in [-0.15, -0.1) is 0 Å². The van der Waals surface area contributed by atoms with Crippen LogP contribution in [0.1, 0.15) is 27.7 Å². The summed E-state index contributed by atoms with van der Waals surface area (Å²) in [4.78, 5) is 34.5. The van der Waals surface area contributed by atoms with Crippen LogP contribution in [0.3, 0.4) is 0 Å². The lowest BCUT2D eigenvalue weighted by Gasteiger charge is -2.06. The molecule has 14 heteroatoms. The van der Waals surface area contributed by atoms with Gasteiger partial charge in [0.2, 0.25) is 11.6 Å².